The van der Waals surface area contributed by atoms with Crippen molar-refractivity contribution in [3.8, 4) is 28.3 Å². The minimum atomic E-state index is -2.80. The number of hydrogen-bond donors (Lipinski definition) is 2. The van der Waals surface area contributed by atoms with Gasteiger partial charge in [-0.3, -0.25) is 4.98 Å². The van der Waals surface area contributed by atoms with Crippen molar-refractivity contribution in [1.29, 1.82) is 0 Å². The number of ether oxygens (including phenoxy) is 1. The van der Waals surface area contributed by atoms with E-state index in [0.717, 1.165) is 0 Å². The molecule has 4 heterocycles. The smallest absolute Gasteiger partial charge is 0.280 e. The van der Waals surface area contributed by atoms with Crippen LogP contribution in [0.5, 0.6) is 5.88 Å². The van der Waals surface area contributed by atoms with Gasteiger partial charge < -0.3 is 20.5 Å². The Kier molecular flexibility index (Phi) is 7.53. The molecule has 5 rings (SSSR count). The van der Waals surface area contributed by atoms with Crippen LogP contribution in [-0.4, -0.2) is 48.7 Å². The summed E-state index contributed by atoms with van der Waals surface area (Å²) in [5, 5.41) is 10.3. The zero-order valence-corrected chi connectivity index (χ0v) is 22.0. The third kappa shape index (κ3) is 6.12. The maximum atomic E-state index is 13.7. The fourth-order valence-corrected chi connectivity index (χ4v) is 4.54. The lowest BCUT2D eigenvalue weighted by molar-refractivity contribution is 0.0348. The van der Waals surface area contributed by atoms with Gasteiger partial charge in [-0.05, 0) is 74.7 Å². The van der Waals surface area contributed by atoms with Gasteiger partial charge in [-0.1, -0.05) is 0 Å². The molecule has 208 valence electrons. The van der Waals surface area contributed by atoms with Crippen LogP contribution >= 0.6 is 0 Å². The zero-order chi connectivity index (χ0) is 28.4. The summed E-state index contributed by atoms with van der Waals surface area (Å²) in [7, 11) is 0. The van der Waals surface area contributed by atoms with E-state index in [1.54, 1.807) is 25.3 Å². The molecule has 0 saturated carbocycles. The Bertz CT molecular complexity index is 1510. The highest BCUT2D eigenvalue weighted by molar-refractivity contribution is 5.85. The van der Waals surface area contributed by atoms with Gasteiger partial charge in [0.25, 0.3) is 6.43 Å². The first-order chi connectivity index (χ1) is 19.1. The van der Waals surface area contributed by atoms with Crippen LogP contribution in [-0.2, 0) is 6.61 Å². The minimum Gasteiger partial charge on any atom is -0.471 e. The molecule has 1 fully saturated rings. The summed E-state index contributed by atoms with van der Waals surface area (Å²) in [6.07, 6.45) is 0.0102. The Balaban J connectivity index is 1.52. The molecule has 0 bridgehead atoms. The van der Waals surface area contributed by atoms with Crippen LogP contribution in [0.2, 0.25) is 0 Å². The zero-order valence-electron chi connectivity index (χ0n) is 22.0. The Morgan fingerprint density at radius 3 is 2.45 bits per heavy atom. The lowest BCUT2D eigenvalue weighted by Gasteiger charge is -2.35. The summed E-state index contributed by atoms with van der Waals surface area (Å²) in [6, 6.07) is 10.1. The molecule has 0 radical (unpaired) electrons. The molecule has 40 heavy (non-hydrogen) atoms. The molecule has 4 aromatic rings. The van der Waals surface area contributed by atoms with Crippen molar-refractivity contribution in [3.63, 3.8) is 0 Å². The van der Waals surface area contributed by atoms with E-state index in [1.807, 2.05) is 11.8 Å². The second kappa shape index (κ2) is 11.0. The SMILES string of the molecule is Cc1cc(-c2c(OCc3ccnc(N4CCC(C)(O)CC4)n3)nc(N)nc2-c2ccc(F)cc2)cc(C(F)F)n1. The summed E-state index contributed by atoms with van der Waals surface area (Å²) in [5.41, 5.74) is 7.26. The van der Waals surface area contributed by atoms with E-state index in [0.29, 0.717) is 60.0 Å². The van der Waals surface area contributed by atoms with Crippen molar-refractivity contribution < 1.29 is 23.0 Å². The summed E-state index contributed by atoms with van der Waals surface area (Å²) in [4.78, 5) is 23.5. The number of piperidine rings is 1. The Hall–Kier alpha value is -4.32. The fourth-order valence-electron chi connectivity index (χ4n) is 4.54. The van der Waals surface area contributed by atoms with E-state index >= 15 is 0 Å². The van der Waals surface area contributed by atoms with E-state index in [4.69, 9.17) is 10.5 Å². The van der Waals surface area contributed by atoms with Crippen LogP contribution in [0.25, 0.3) is 22.4 Å². The number of nitrogens with two attached hydrogens (primary N) is 1. The number of pyridine rings is 1. The predicted octanol–water partition coefficient (Wildman–Crippen LogP) is 4.89. The van der Waals surface area contributed by atoms with Crippen molar-refractivity contribution in [1.82, 2.24) is 24.9 Å². The predicted molar refractivity (Wildman–Crippen MR) is 143 cm³/mol. The van der Waals surface area contributed by atoms with Gasteiger partial charge in [0.2, 0.25) is 17.8 Å². The van der Waals surface area contributed by atoms with E-state index in [2.05, 4.69) is 24.9 Å². The Morgan fingerprint density at radius 1 is 1.02 bits per heavy atom. The summed E-state index contributed by atoms with van der Waals surface area (Å²) in [5.74, 6) is 0.00583. The van der Waals surface area contributed by atoms with Crippen LogP contribution in [0.3, 0.4) is 0 Å². The topological polar surface area (TPSA) is 123 Å². The van der Waals surface area contributed by atoms with Crippen molar-refractivity contribution in [3.05, 3.63) is 71.6 Å². The summed E-state index contributed by atoms with van der Waals surface area (Å²) in [6.45, 7) is 4.61. The number of aryl methyl sites for hydroxylation is 1. The van der Waals surface area contributed by atoms with Gasteiger partial charge in [0.1, 0.15) is 18.1 Å². The van der Waals surface area contributed by atoms with Gasteiger partial charge in [0.15, 0.2) is 0 Å². The number of aromatic nitrogens is 5. The van der Waals surface area contributed by atoms with Crippen LogP contribution in [0.15, 0.2) is 48.7 Å². The maximum absolute atomic E-state index is 13.7. The molecule has 3 N–H and O–H groups in total. The monoisotopic (exact) mass is 551 g/mol. The van der Waals surface area contributed by atoms with Gasteiger partial charge in [0.05, 0.1) is 22.6 Å². The number of nitrogen functional groups attached to an aromatic ring is 1. The van der Waals surface area contributed by atoms with Gasteiger partial charge in [-0.15, -0.1) is 0 Å². The second-order valence-electron chi connectivity index (χ2n) is 9.96. The first-order valence-electron chi connectivity index (χ1n) is 12.7. The van der Waals surface area contributed by atoms with E-state index in [-0.39, 0.29) is 24.1 Å². The van der Waals surface area contributed by atoms with Gasteiger partial charge in [-0.25, -0.2) is 28.1 Å². The minimum absolute atomic E-state index is 0.0286. The highest BCUT2D eigenvalue weighted by Crippen LogP contribution is 2.39. The molecule has 3 aromatic heterocycles. The average Bonchev–Trinajstić information content (AvgIpc) is 2.91. The van der Waals surface area contributed by atoms with E-state index in [9.17, 15) is 18.3 Å². The number of alkyl halides is 2. The molecule has 0 unspecified atom stereocenters. The molecule has 1 saturated heterocycles. The summed E-state index contributed by atoms with van der Waals surface area (Å²) >= 11 is 0. The van der Waals surface area contributed by atoms with Crippen LogP contribution < -0.4 is 15.4 Å². The summed E-state index contributed by atoms with van der Waals surface area (Å²) < 4.78 is 47.1. The standard InChI is InChI=1S/C28H28F3N7O2/c1-16-13-18(14-21(34-16)24(30)31)22-23(17-3-5-19(29)6-4-17)36-26(32)37-25(22)40-15-20-7-10-33-27(35-20)38-11-8-28(2,39)9-12-38/h3-7,10,13-14,24,39H,8-9,11-12,15H2,1-2H3,(H2,32,36,37). The van der Waals surface area contributed by atoms with E-state index < -0.39 is 23.5 Å². The normalized spacial score (nSPS) is 14.9. The molecule has 0 aliphatic carbocycles. The lowest BCUT2D eigenvalue weighted by Crippen LogP contribution is -2.43. The molecular formula is C28H28F3N7O2. The molecule has 1 aromatic carbocycles. The van der Waals surface area contributed by atoms with Gasteiger partial charge >= 0.3 is 0 Å². The second-order valence-corrected chi connectivity index (χ2v) is 9.96. The molecule has 1 aliphatic heterocycles. The number of aliphatic hydroxyl groups is 1. The number of rotatable bonds is 7. The Labute approximate surface area is 228 Å². The van der Waals surface area contributed by atoms with Gasteiger partial charge in [0, 0.05) is 30.5 Å². The molecule has 0 atom stereocenters. The highest BCUT2D eigenvalue weighted by atomic mass is 19.3. The average molecular weight is 552 g/mol. The third-order valence-electron chi connectivity index (χ3n) is 6.68. The number of anilines is 2. The first-order valence-corrected chi connectivity index (χ1v) is 12.7. The van der Waals surface area contributed by atoms with Crippen molar-refractivity contribution in [2.24, 2.45) is 0 Å². The van der Waals surface area contributed by atoms with E-state index in [1.165, 1.54) is 30.3 Å². The number of hydrogen-bond acceptors (Lipinski definition) is 9. The molecule has 9 nitrogen and oxygen atoms in total. The Morgan fingerprint density at radius 2 is 1.75 bits per heavy atom. The van der Waals surface area contributed by atoms with Crippen molar-refractivity contribution in [2.45, 2.75) is 45.3 Å². The molecule has 0 spiro atoms. The van der Waals surface area contributed by atoms with Crippen LogP contribution in [0.4, 0.5) is 25.1 Å². The quantitative estimate of drug-likeness (QED) is 0.330. The molecule has 12 heteroatoms. The van der Waals surface area contributed by atoms with Crippen molar-refractivity contribution >= 4 is 11.9 Å². The highest BCUT2D eigenvalue weighted by Gasteiger charge is 2.28. The van der Waals surface area contributed by atoms with Crippen molar-refractivity contribution in [2.75, 3.05) is 23.7 Å². The number of halogens is 3. The van der Waals surface area contributed by atoms with Crippen LogP contribution in [0, 0.1) is 12.7 Å². The number of benzene rings is 1. The molecule has 1 aliphatic rings. The molecular weight excluding hydrogens is 523 g/mol. The number of nitrogens with zero attached hydrogens (tertiary/aromatic N) is 6. The fraction of sp³-hybridized carbons (Fsp3) is 0.321. The molecule has 0 amide bonds. The third-order valence-corrected chi connectivity index (χ3v) is 6.68. The largest absolute Gasteiger partial charge is 0.471 e. The first kappa shape index (κ1) is 27.3. The maximum Gasteiger partial charge on any atom is 0.280 e. The van der Waals surface area contributed by atoms with Crippen LogP contribution in [0.1, 0.15) is 43.3 Å². The van der Waals surface area contributed by atoms with Gasteiger partial charge in [-0.2, -0.15) is 4.98 Å². The lowest BCUT2D eigenvalue weighted by atomic mass is 9.94.